The summed E-state index contributed by atoms with van der Waals surface area (Å²) in [6.45, 7) is 11.7. The Bertz CT molecular complexity index is 205. The van der Waals surface area contributed by atoms with Crippen molar-refractivity contribution in [2.45, 2.75) is 90.8 Å². The van der Waals surface area contributed by atoms with Crippen molar-refractivity contribution in [1.82, 2.24) is 10.2 Å². The van der Waals surface area contributed by atoms with Crippen molar-refractivity contribution in [3.8, 4) is 0 Å². The zero-order valence-electron chi connectivity index (χ0n) is 13.0. The zero-order chi connectivity index (χ0) is 13.4. The molecule has 0 saturated carbocycles. The summed E-state index contributed by atoms with van der Waals surface area (Å²) in [6.07, 6.45) is 9.54. The molecule has 0 bridgehead atoms. The SMILES string of the molecule is CCCCCC(C)NCCN1C(C)CCC1CC. The minimum Gasteiger partial charge on any atom is -0.313 e. The van der Waals surface area contributed by atoms with E-state index in [0.717, 1.165) is 18.6 Å². The lowest BCUT2D eigenvalue weighted by atomic mass is 10.1. The van der Waals surface area contributed by atoms with E-state index in [-0.39, 0.29) is 0 Å². The second-order valence-electron chi connectivity index (χ2n) is 6.08. The van der Waals surface area contributed by atoms with Crippen molar-refractivity contribution in [1.29, 1.82) is 0 Å². The first-order valence-electron chi connectivity index (χ1n) is 8.18. The van der Waals surface area contributed by atoms with Crippen LogP contribution in [0.3, 0.4) is 0 Å². The molecule has 0 aromatic rings. The van der Waals surface area contributed by atoms with Crippen LogP contribution in [0.4, 0.5) is 0 Å². The molecule has 0 spiro atoms. The van der Waals surface area contributed by atoms with Crippen molar-refractivity contribution >= 4 is 0 Å². The van der Waals surface area contributed by atoms with Gasteiger partial charge < -0.3 is 5.32 Å². The Kier molecular flexibility index (Phi) is 7.92. The van der Waals surface area contributed by atoms with Crippen LogP contribution < -0.4 is 5.32 Å². The van der Waals surface area contributed by atoms with Crippen LogP contribution in [0, 0.1) is 0 Å². The molecule has 1 aliphatic rings. The van der Waals surface area contributed by atoms with Gasteiger partial charge in [-0.25, -0.2) is 0 Å². The molecule has 1 saturated heterocycles. The van der Waals surface area contributed by atoms with E-state index in [2.05, 4.69) is 37.9 Å². The van der Waals surface area contributed by atoms with Gasteiger partial charge in [-0.05, 0) is 39.5 Å². The molecule has 18 heavy (non-hydrogen) atoms. The Morgan fingerprint density at radius 1 is 1.22 bits per heavy atom. The van der Waals surface area contributed by atoms with E-state index >= 15 is 0 Å². The second-order valence-corrected chi connectivity index (χ2v) is 6.08. The number of hydrogen-bond donors (Lipinski definition) is 1. The average Bonchev–Trinajstić information content (AvgIpc) is 2.71. The maximum Gasteiger partial charge on any atom is 0.0113 e. The van der Waals surface area contributed by atoms with E-state index < -0.39 is 0 Å². The summed E-state index contributed by atoms with van der Waals surface area (Å²) < 4.78 is 0. The molecule has 1 aliphatic heterocycles. The van der Waals surface area contributed by atoms with E-state index in [0.29, 0.717) is 6.04 Å². The Morgan fingerprint density at radius 2 is 2.00 bits per heavy atom. The molecular formula is C16H34N2. The molecule has 1 N–H and O–H groups in total. The zero-order valence-corrected chi connectivity index (χ0v) is 13.0. The van der Waals surface area contributed by atoms with Crippen LogP contribution in [0.1, 0.15) is 72.6 Å². The van der Waals surface area contributed by atoms with E-state index in [9.17, 15) is 0 Å². The molecule has 0 aliphatic carbocycles. The van der Waals surface area contributed by atoms with Crippen LogP contribution >= 0.6 is 0 Å². The monoisotopic (exact) mass is 254 g/mol. The van der Waals surface area contributed by atoms with Crippen molar-refractivity contribution in [3.05, 3.63) is 0 Å². The molecule has 2 heteroatoms. The van der Waals surface area contributed by atoms with Gasteiger partial charge in [0.25, 0.3) is 0 Å². The fourth-order valence-corrected chi connectivity index (χ4v) is 3.21. The van der Waals surface area contributed by atoms with Gasteiger partial charge in [-0.3, -0.25) is 4.90 Å². The molecule has 0 radical (unpaired) electrons. The molecule has 2 nitrogen and oxygen atoms in total. The maximum atomic E-state index is 3.69. The van der Waals surface area contributed by atoms with Crippen molar-refractivity contribution in [3.63, 3.8) is 0 Å². The van der Waals surface area contributed by atoms with Crippen molar-refractivity contribution in [2.75, 3.05) is 13.1 Å². The molecule has 0 amide bonds. The van der Waals surface area contributed by atoms with Crippen LogP contribution in [0.5, 0.6) is 0 Å². The van der Waals surface area contributed by atoms with E-state index in [1.165, 1.54) is 51.5 Å². The number of nitrogens with zero attached hydrogens (tertiary/aromatic N) is 1. The smallest absolute Gasteiger partial charge is 0.0113 e. The number of unbranched alkanes of at least 4 members (excludes halogenated alkanes) is 2. The first-order valence-corrected chi connectivity index (χ1v) is 8.18. The predicted molar refractivity (Wildman–Crippen MR) is 81.1 cm³/mol. The normalized spacial score (nSPS) is 26.7. The molecule has 0 aromatic carbocycles. The van der Waals surface area contributed by atoms with E-state index in [4.69, 9.17) is 0 Å². The van der Waals surface area contributed by atoms with Crippen molar-refractivity contribution in [2.24, 2.45) is 0 Å². The number of likely N-dealkylation sites (tertiary alicyclic amines) is 1. The minimum atomic E-state index is 0.689. The fourth-order valence-electron chi connectivity index (χ4n) is 3.21. The number of rotatable bonds is 9. The van der Waals surface area contributed by atoms with Gasteiger partial charge in [-0.1, -0.05) is 33.1 Å². The van der Waals surface area contributed by atoms with Crippen LogP contribution in [0.15, 0.2) is 0 Å². The number of nitrogens with one attached hydrogen (secondary N) is 1. The Labute approximate surface area is 115 Å². The van der Waals surface area contributed by atoms with E-state index in [1.54, 1.807) is 0 Å². The Hall–Kier alpha value is -0.0800. The van der Waals surface area contributed by atoms with E-state index in [1.807, 2.05) is 0 Å². The maximum absolute atomic E-state index is 3.69. The summed E-state index contributed by atoms with van der Waals surface area (Å²) in [5.41, 5.74) is 0. The largest absolute Gasteiger partial charge is 0.313 e. The highest BCUT2D eigenvalue weighted by Gasteiger charge is 2.28. The van der Waals surface area contributed by atoms with Crippen molar-refractivity contribution < 1.29 is 0 Å². The first-order chi connectivity index (χ1) is 8.69. The van der Waals surface area contributed by atoms with Gasteiger partial charge in [0.15, 0.2) is 0 Å². The molecule has 3 atom stereocenters. The summed E-state index contributed by atoms with van der Waals surface area (Å²) in [6, 6.07) is 2.33. The van der Waals surface area contributed by atoms with Gasteiger partial charge in [0.05, 0.1) is 0 Å². The molecular weight excluding hydrogens is 220 g/mol. The summed E-state index contributed by atoms with van der Waals surface area (Å²) in [7, 11) is 0. The third kappa shape index (κ3) is 5.27. The lowest BCUT2D eigenvalue weighted by molar-refractivity contribution is 0.197. The van der Waals surface area contributed by atoms with Gasteiger partial charge in [-0.15, -0.1) is 0 Å². The third-order valence-corrected chi connectivity index (χ3v) is 4.53. The predicted octanol–water partition coefficient (Wildman–Crippen LogP) is 3.81. The summed E-state index contributed by atoms with van der Waals surface area (Å²) in [4.78, 5) is 2.71. The Balaban J connectivity index is 2.12. The Morgan fingerprint density at radius 3 is 2.67 bits per heavy atom. The topological polar surface area (TPSA) is 15.3 Å². The highest BCUT2D eigenvalue weighted by Crippen LogP contribution is 2.25. The van der Waals surface area contributed by atoms with Crippen LogP contribution in [0.2, 0.25) is 0 Å². The van der Waals surface area contributed by atoms with Crippen LogP contribution in [0.25, 0.3) is 0 Å². The van der Waals surface area contributed by atoms with Gasteiger partial charge in [0, 0.05) is 31.2 Å². The summed E-state index contributed by atoms with van der Waals surface area (Å²) >= 11 is 0. The molecule has 3 unspecified atom stereocenters. The highest BCUT2D eigenvalue weighted by molar-refractivity contribution is 4.84. The van der Waals surface area contributed by atoms with Crippen LogP contribution in [-0.4, -0.2) is 36.1 Å². The average molecular weight is 254 g/mol. The number of hydrogen-bond acceptors (Lipinski definition) is 2. The second kappa shape index (κ2) is 8.92. The third-order valence-electron chi connectivity index (χ3n) is 4.53. The quantitative estimate of drug-likeness (QED) is 0.630. The molecule has 1 rings (SSSR count). The van der Waals surface area contributed by atoms with Gasteiger partial charge in [0.1, 0.15) is 0 Å². The lowest BCUT2D eigenvalue weighted by Crippen LogP contribution is -2.41. The van der Waals surface area contributed by atoms with Gasteiger partial charge in [0.2, 0.25) is 0 Å². The summed E-state index contributed by atoms with van der Waals surface area (Å²) in [5, 5.41) is 3.69. The highest BCUT2D eigenvalue weighted by atomic mass is 15.2. The lowest BCUT2D eigenvalue weighted by Gasteiger charge is -2.28. The van der Waals surface area contributed by atoms with Crippen LogP contribution in [-0.2, 0) is 0 Å². The molecule has 1 heterocycles. The first kappa shape index (κ1) is 16.0. The summed E-state index contributed by atoms with van der Waals surface area (Å²) in [5.74, 6) is 0. The van der Waals surface area contributed by atoms with Gasteiger partial charge in [-0.2, -0.15) is 0 Å². The molecule has 108 valence electrons. The van der Waals surface area contributed by atoms with Gasteiger partial charge >= 0.3 is 0 Å². The molecule has 0 aromatic heterocycles. The fraction of sp³-hybridized carbons (Fsp3) is 1.00. The minimum absolute atomic E-state index is 0.689. The standard InChI is InChI=1S/C16H34N2/c1-5-7-8-9-14(3)17-12-13-18-15(4)10-11-16(18)6-2/h14-17H,5-13H2,1-4H3. The molecule has 1 fully saturated rings.